The number of ether oxygens (including phenoxy) is 2. The zero-order valence-electron chi connectivity index (χ0n) is 14.6. The van der Waals surface area contributed by atoms with E-state index < -0.39 is 18.1 Å². The monoisotopic (exact) mass is 379 g/mol. The first-order valence-electron chi connectivity index (χ1n) is 8.33. The fourth-order valence-corrected chi connectivity index (χ4v) is 3.20. The van der Waals surface area contributed by atoms with E-state index in [1.54, 1.807) is 4.90 Å². The van der Waals surface area contributed by atoms with Gasteiger partial charge in [0, 0.05) is 13.0 Å². The van der Waals surface area contributed by atoms with E-state index in [0.717, 1.165) is 0 Å². The molecular weight excluding hydrogens is 358 g/mol. The fraction of sp³-hybridized carbons (Fsp3) is 0.471. The highest BCUT2D eigenvalue weighted by atomic mass is 32.1. The van der Waals surface area contributed by atoms with Crippen molar-refractivity contribution in [3.63, 3.8) is 0 Å². The van der Waals surface area contributed by atoms with Crippen molar-refractivity contribution in [1.82, 2.24) is 14.7 Å². The number of likely N-dealkylation sites (tertiary alicyclic amines) is 1. The van der Waals surface area contributed by atoms with Crippen molar-refractivity contribution < 1.29 is 23.8 Å². The van der Waals surface area contributed by atoms with Crippen LogP contribution in [0.2, 0.25) is 0 Å². The third-order valence-electron chi connectivity index (χ3n) is 4.19. The second kappa shape index (κ2) is 7.98. The normalized spacial score (nSPS) is 20.3. The van der Waals surface area contributed by atoms with E-state index in [1.807, 2.05) is 31.2 Å². The van der Waals surface area contributed by atoms with Gasteiger partial charge in [-0.15, -0.1) is 5.10 Å². The molecule has 0 radical (unpaired) electrons. The number of nitrogens with zero attached hydrogens (tertiary/aromatic N) is 3. The summed E-state index contributed by atoms with van der Waals surface area (Å²) in [6, 6.07) is 6.87. The summed E-state index contributed by atoms with van der Waals surface area (Å²) in [5.74, 6) is 0.606. The second-order valence-corrected chi connectivity index (χ2v) is 6.29. The Morgan fingerprint density at radius 3 is 2.96 bits per heavy atom. The van der Waals surface area contributed by atoms with Crippen LogP contribution in [-0.2, 0) is 16.2 Å². The standard InChI is InChI=1S/C17H21N3O5S/c1-3-24-14-7-5-4-6-12(14)15-18-20(17(26)25-15)10-19-9-11(21)8-13(19)16(22)23-2/h4-7,11,13,21H,3,8-10H2,1-2H3/t11-,13+/m1/s1. The average molecular weight is 379 g/mol. The van der Waals surface area contributed by atoms with Gasteiger partial charge in [-0.2, -0.15) is 0 Å². The number of hydrogen-bond acceptors (Lipinski definition) is 8. The Kier molecular flexibility index (Phi) is 5.70. The van der Waals surface area contributed by atoms with Gasteiger partial charge in [-0.25, -0.2) is 4.68 Å². The van der Waals surface area contributed by atoms with E-state index in [4.69, 9.17) is 26.1 Å². The summed E-state index contributed by atoms with van der Waals surface area (Å²) in [4.78, 5) is 13.9. The summed E-state index contributed by atoms with van der Waals surface area (Å²) in [5.41, 5.74) is 0.699. The molecule has 1 saturated heterocycles. The summed E-state index contributed by atoms with van der Waals surface area (Å²) in [7, 11) is 1.33. The predicted molar refractivity (Wildman–Crippen MR) is 95.1 cm³/mol. The van der Waals surface area contributed by atoms with Crippen LogP contribution in [0, 0.1) is 4.84 Å². The number of benzene rings is 1. The zero-order chi connectivity index (χ0) is 18.7. The highest BCUT2D eigenvalue weighted by Crippen LogP contribution is 2.29. The van der Waals surface area contributed by atoms with Crippen LogP contribution in [0.3, 0.4) is 0 Å². The van der Waals surface area contributed by atoms with E-state index in [0.29, 0.717) is 36.8 Å². The minimum atomic E-state index is -0.599. The molecule has 0 spiro atoms. The SMILES string of the molecule is CCOc1ccccc1-c1nn(CN2C[C@H](O)C[C@H]2C(=O)OC)c(=S)o1. The van der Waals surface area contributed by atoms with Gasteiger partial charge in [0.1, 0.15) is 11.8 Å². The molecule has 0 bridgehead atoms. The van der Waals surface area contributed by atoms with E-state index in [-0.39, 0.29) is 11.5 Å². The lowest BCUT2D eigenvalue weighted by molar-refractivity contribution is -0.146. The average Bonchev–Trinajstić information content (AvgIpc) is 3.18. The van der Waals surface area contributed by atoms with Crippen LogP contribution in [0.15, 0.2) is 28.7 Å². The van der Waals surface area contributed by atoms with Gasteiger partial charge in [0.2, 0.25) is 0 Å². The molecule has 26 heavy (non-hydrogen) atoms. The highest BCUT2D eigenvalue weighted by molar-refractivity contribution is 7.71. The van der Waals surface area contributed by atoms with Gasteiger partial charge >= 0.3 is 5.97 Å². The van der Waals surface area contributed by atoms with Crippen molar-refractivity contribution in [1.29, 1.82) is 0 Å². The molecule has 9 heteroatoms. The Hall–Kier alpha value is -2.23. The molecule has 0 unspecified atom stereocenters. The molecule has 3 rings (SSSR count). The molecule has 0 saturated carbocycles. The number of β-amino-alcohol motifs (C(OH)–C–C–N with tert-alkyl or cyclic N) is 1. The molecule has 1 aromatic heterocycles. The number of carbonyl (C=O) groups excluding carboxylic acids is 1. The molecule has 2 aromatic rings. The molecule has 0 aliphatic carbocycles. The van der Waals surface area contributed by atoms with Crippen LogP contribution < -0.4 is 4.74 Å². The van der Waals surface area contributed by atoms with Crippen LogP contribution in [0.5, 0.6) is 5.75 Å². The lowest BCUT2D eigenvalue weighted by Gasteiger charge is -2.21. The largest absolute Gasteiger partial charge is 0.493 e. The van der Waals surface area contributed by atoms with E-state index in [1.165, 1.54) is 11.8 Å². The van der Waals surface area contributed by atoms with Crippen LogP contribution >= 0.6 is 12.2 Å². The smallest absolute Gasteiger partial charge is 0.323 e. The molecule has 1 aromatic carbocycles. The molecule has 2 atom stereocenters. The number of para-hydroxylation sites is 1. The van der Waals surface area contributed by atoms with Crippen molar-refractivity contribution in [2.45, 2.75) is 32.2 Å². The number of carbonyl (C=O) groups is 1. The van der Waals surface area contributed by atoms with Crippen molar-refractivity contribution >= 4 is 18.2 Å². The Balaban J connectivity index is 1.85. The summed E-state index contributed by atoms with van der Waals surface area (Å²) in [6.45, 7) is 2.97. The van der Waals surface area contributed by atoms with Gasteiger partial charge < -0.3 is 19.0 Å². The summed E-state index contributed by atoms with van der Waals surface area (Å²) >= 11 is 5.27. The van der Waals surface area contributed by atoms with Crippen LogP contribution in [0.25, 0.3) is 11.5 Å². The highest BCUT2D eigenvalue weighted by Gasteiger charge is 2.37. The lowest BCUT2D eigenvalue weighted by atomic mass is 10.2. The fourth-order valence-electron chi connectivity index (χ4n) is 3.02. The maximum absolute atomic E-state index is 11.9. The van der Waals surface area contributed by atoms with Crippen LogP contribution in [0.1, 0.15) is 13.3 Å². The van der Waals surface area contributed by atoms with Crippen molar-refractivity contribution in [3.05, 3.63) is 29.1 Å². The first-order valence-corrected chi connectivity index (χ1v) is 8.74. The van der Waals surface area contributed by atoms with Gasteiger partial charge in [-0.05, 0) is 31.3 Å². The van der Waals surface area contributed by atoms with Crippen LogP contribution in [0.4, 0.5) is 0 Å². The third kappa shape index (κ3) is 3.79. The maximum Gasteiger partial charge on any atom is 0.323 e. The molecule has 0 amide bonds. The molecule has 1 fully saturated rings. The molecule has 8 nitrogen and oxygen atoms in total. The first kappa shape index (κ1) is 18.6. The number of aliphatic hydroxyl groups excluding tert-OH is 1. The van der Waals surface area contributed by atoms with Gasteiger partial charge in [-0.1, -0.05) is 12.1 Å². The van der Waals surface area contributed by atoms with Gasteiger partial charge in [-0.3, -0.25) is 9.69 Å². The second-order valence-electron chi connectivity index (χ2n) is 5.94. The maximum atomic E-state index is 11.9. The number of rotatable bonds is 6. The third-order valence-corrected chi connectivity index (χ3v) is 4.49. The Labute approximate surface area is 155 Å². The van der Waals surface area contributed by atoms with Crippen molar-refractivity contribution in [2.24, 2.45) is 0 Å². The lowest BCUT2D eigenvalue weighted by Crippen LogP contribution is -2.38. The van der Waals surface area contributed by atoms with Crippen molar-refractivity contribution in [3.8, 4) is 17.2 Å². The Bertz CT molecular complexity index is 834. The van der Waals surface area contributed by atoms with Crippen LogP contribution in [-0.4, -0.2) is 58.2 Å². The summed E-state index contributed by atoms with van der Waals surface area (Å²) in [5, 5.41) is 14.3. The predicted octanol–water partition coefficient (Wildman–Crippen LogP) is 1.84. The molecular formula is C17H21N3O5S. The number of methoxy groups -OCH3 is 1. The minimum absolute atomic E-state index is 0.177. The first-order chi connectivity index (χ1) is 12.5. The summed E-state index contributed by atoms with van der Waals surface area (Å²) < 4.78 is 17.5. The van der Waals surface area contributed by atoms with E-state index in [2.05, 4.69) is 5.10 Å². The number of hydrogen-bond donors (Lipinski definition) is 1. The van der Waals surface area contributed by atoms with Gasteiger partial charge in [0.05, 0.1) is 32.1 Å². The quantitative estimate of drug-likeness (QED) is 0.601. The Morgan fingerprint density at radius 1 is 1.46 bits per heavy atom. The Morgan fingerprint density at radius 2 is 2.23 bits per heavy atom. The zero-order valence-corrected chi connectivity index (χ0v) is 15.4. The molecule has 1 aliphatic heterocycles. The number of aromatic nitrogens is 2. The van der Waals surface area contributed by atoms with Gasteiger partial charge in [0.25, 0.3) is 10.7 Å². The van der Waals surface area contributed by atoms with Crippen molar-refractivity contribution in [2.75, 3.05) is 20.3 Å². The minimum Gasteiger partial charge on any atom is -0.493 e. The molecule has 1 aliphatic rings. The molecule has 1 N–H and O–H groups in total. The molecule has 2 heterocycles. The van der Waals surface area contributed by atoms with E-state index in [9.17, 15) is 9.90 Å². The molecule has 140 valence electrons. The van der Waals surface area contributed by atoms with E-state index >= 15 is 0 Å². The number of esters is 1. The topological polar surface area (TPSA) is 90.0 Å². The number of aliphatic hydroxyl groups is 1. The summed E-state index contributed by atoms with van der Waals surface area (Å²) in [6.07, 6.45) is -0.281. The van der Waals surface area contributed by atoms with Gasteiger partial charge in [0.15, 0.2) is 0 Å².